The zero-order chi connectivity index (χ0) is 19.8. The summed E-state index contributed by atoms with van der Waals surface area (Å²) in [5.74, 6) is -1.76. The van der Waals surface area contributed by atoms with Crippen LogP contribution in [0.1, 0.15) is 19.4 Å². The summed E-state index contributed by atoms with van der Waals surface area (Å²) in [5, 5.41) is 7.79. The van der Waals surface area contributed by atoms with E-state index in [0.717, 1.165) is 5.56 Å². The van der Waals surface area contributed by atoms with Crippen LogP contribution in [0, 0.1) is 11.2 Å². The molecule has 2 aliphatic heterocycles. The zero-order valence-electron chi connectivity index (χ0n) is 14.6. The first-order valence-corrected chi connectivity index (χ1v) is 9.34. The van der Waals surface area contributed by atoms with Crippen molar-refractivity contribution in [3.8, 4) is 0 Å². The van der Waals surface area contributed by atoms with Crippen LogP contribution in [0.5, 0.6) is 0 Å². The molecule has 4 atom stereocenters. The van der Waals surface area contributed by atoms with E-state index in [2.05, 4.69) is 0 Å². The van der Waals surface area contributed by atoms with Gasteiger partial charge in [-0.2, -0.15) is 0 Å². The molecule has 2 heterocycles. The molecule has 1 unspecified atom stereocenters. The van der Waals surface area contributed by atoms with Gasteiger partial charge in [-0.25, -0.2) is 4.39 Å². The van der Waals surface area contributed by atoms with Gasteiger partial charge in [0.15, 0.2) is 5.79 Å². The van der Waals surface area contributed by atoms with Crippen molar-refractivity contribution in [1.82, 2.24) is 0 Å². The number of halogens is 4. The highest BCUT2D eigenvalue weighted by Crippen LogP contribution is 2.37. The minimum Gasteiger partial charge on any atom is -0.445 e. The zero-order valence-corrected chi connectivity index (χ0v) is 16.9. The summed E-state index contributed by atoms with van der Waals surface area (Å²) in [7, 11) is 0. The normalized spacial score (nSPS) is 30.0. The summed E-state index contributed by atoms with van der Waals surface area (Å²) in [6.07, 6.45) is -2.68. The van der Waals surface area contributed by atoms with Crippen LogP contribution in [0.25, 0.3) is 0 Å². The van der Waals surface area contributed by atoms with Crippen molar-refractivity contribution in [2.24, 2.45) is 0 Å². The maximum Gasteiger partial charge on any atom is 0.265 e. The molecule has 0 amide bonds. The number of hydrogen-bond donors (Lipinski definition) is 1. The maximum atomic E-state index is 13.1. The van der Waals surface area contributed by atoms with Gasteiger partial charge in [-0.15, -0.1) is 0 Å². The molecule has 27 heavy (non-hydrogen) atoms. The highest BCUT2D eigenvalue weighted by atomic mass is 35.6. The fourth-order valence-electron chi connectivity index (χ4n) is 2.94. The molecule has 0 aromatic heterocycles. The molecule has 1 aromatic rings. The predicted molar refractivity (Wildman–Crippen MR) is 97.6 cm³/mol. The average molecular weight is 443 g/mol. The van der Waals surface area contributed by atoms with E-state index in [1.165, 1.54) is 12.1 Å². The first kappa shape index (κ1) is 21.0. The Morgan fingerprint density at radius 2 is 1.93 bits per heavy atom. The van der Waals surface area contributed by atoms with E-state index in [0.29, 0.717) is 0 Å². The Hall–Kier alpha value is -0.670. The lowest BCUT2D eigenvalue weighted by atomic mass is 10.1. The molecule has 0 bridgehead atoms. The minimum absolute atomic E-state index is 0.141. The van der Waals surface area contributed by atoms with E-state index >= 15 is 0 Å². The van der Waals surface area contributed by atoms with Gasteiger partial charge in [0.25, 0.3) is 3.79 Å². The quantitative estimate of drug-likeness (QED) is 0.434. The molecule has 6 nitrogen and oxygen atoms in total. The number of ether oxygens (including phenoxy) is 5. The Morgan fingerprint density at radius 3 is 2.56 bits per heavy atom. The van der Waals surface area contributed by atoms with Crippen molar-refractivity contribution in [2.75, 3.05) is 6.61 Å². The lowest BCUT2D eigenvalue weighted by Gasteiger charge is -2.37. The first-order chi connectivity index (χ1) is 12.5. The fraction of sp³-hybridized carbons (Fsp3) is 0.588. The van der Waals surface area contributed by atoms with Crippen LogP contribution in [-0.4, -0.2) is 46.7 Å². The third kappa shape index (κ3) is 5.23. The molecule has 2 aliphatic rings. The smallest absolute Gasteiger partial charge is 0.265 e. The van der Waals surface area contributed by atoms with Gasteiger partial charge in [0, 0.05) is 0 Å². The molecular weight excluding hydrogens is 424 g/mol. The van der Waals surface area contributed by atoms with Crippen LogP contribution < -0.4 is 0 Å². The van der Waals surface area contributed by atoms with E-state index in [1.807, 2.05) is 0 Å². The number of fused-ring (bicyclic) bond motifs is 1. The Morgan fingerprint density at radius 1 is 1.26 bits per heavy atom. The largest absolute Gasteiger partial charge is 0.445 e. The third-order valence-electron chi connectivity index (χ3n) is 4.09. The molecular formula is C17H19Cl3FNO5. The van der Waals surface area contributed by atoms with Crippen LogP contribution in [0.3, 0.4) is 0 Å². The minimum atomic E-state index is -2.03. The van der Waals surface area contributed by atoms with Gasteiger partial charge in [0.2, 0.25) is 12.2 Å². The molecule has 2 saturated heterocycles. The van der Waals surface area contributed by atoms with Crippen molar-refractivity contribution in [1.29, 1.82) is 5.41 Å². The summed E-state index contributed by atoms with van der Waals surface area (Å²) in [4.78, 5) is 0. The second-order valence-electron chi connectivity index (χ2n) is 6.69. The van der Waals surface area contributed by atoms with Gasteiger partial charge in [-0.1, -0.05) is 46.9 Å². The number of benzene rings is 1. The van der Waals surface area contributed by atoms with Crippen molar-refractivity contribution < 1.29 is 28.1 Å². The van der Waals surface area contributed by atoms with Crippen molar-refractivity contribution in [3.63, 3.8) is 0 Å². The Bertz CT molecular complexity index is 682. The molecule has 0 spiro atoms. The van der Waals surface area contributed by atoms with Crippen molar-refractivity contribution in [3.05, 3.63) is 35.6 Å². The SMILES string of the molecule is CC1(C)O[C@H]2[C@H](COC(OC(=N)C(Cl)(Cl)Cl)[C@@H]2OCc2ccc(F)cc2)O1. The summed E-state index contributed by atoms with van der Waals surface area (Å²) in [6.45, 7) is 3.87. The second-order valence-corrected chi connectivity index (χ2v) is 8.97. The van der Waals surface area contributed by atoms with Crippen LogP contribution in [-0.2, 0) is 30.3 Å². The van der Waals surface area contributed by atoms with E-state index in [4.69, 9.17) is 63.9 Å². The molecule has 2 fully saturated rings. The summed E-state index contributed by atoms with van der Waals surface area (Å²) in [5.41, 5.74) is 0.743. The molecule has 0 aliphatic carbocycles. The Labute approximate surface area is 171 Å². The van der Waals surface area contributed by atoms with Crippen LogP contribution in [0.15, 0.2) is 24.3 Å². The van der Waals surface area contributed by atoms with Gasteiger partial charge < -0.3 is 23.7 Å². The van der Waals surface area contributed by atoms with Crippen LogP contribution >= 0.6 is 34.8 Å². The second kappa shape index (κ2) is 7.99. The van der Waals surface area contributed by atoms with Crippen LogP contribution in [0.4, 0.5) is 4.39 Å². The molecule has 1 aromatic carbocycles. The molecule has 10 heteroatoms. The van der Waals surface area contributed by atoms with E-state index in [9.17, 15) is 4.39 Å². The van der Waals surface area contributed by atoms with Crippen molar-refractivity contribution >= 4 is 40.7 Å². The lowest BCUT2D eigenvalue weighted by molar-refractivity contribution is -0.242. The maximum absolute atomic E-state index is 13.1. The van der Waals surface area contributed by atoms with Gasteiger partial charge in [0.1, 0.15) is 24.1 Å². The molecule has 150 valence electrons. The third-order valence-corrected chi connectivity index (χ3v) is 4.60. The number of nitrogens with one attached hydrogen (secondary N) is 1. The standard InChI is InChI=1S/C17H19Cl3FNO5/c1-16(2)26-11-8-24-14(25-15(22)17(18,19)20)13(12(11)27-16)23-7-9-3-5-10(21)6-4-9/h3-6,11-14,22H,7-8H2,1-2H3/t11-,12-,13+,14?/m0/s1. The number of rotatable bonds is 4. The Balaban J connectivity index is 1.75. The first-order valence-electron chi connectivity index (χ1n) is 8.21. The number of hydrogen-bond acceptors (Lipinski definition) is 6. The predicted octanol–water partition coefficient (Wildman–Crippen LogP) is 3.95. The molecule has 1 N–H and O–H groups in total. The topological polar surface area (TPSA) is 70.0 Å². The van der Waals surface area contributed by atoms with E-state index in [-0.39, 0.29) is 25.1 Å². The molecule has 3 rings (SSSR count). The molecule has 0 saturated carbocycles. The number of alkyl halides is 3. The fourth-order valence-corrected chi connectivity index (χ4v) is 3.07. The summed E-state index contributed by atoms with van der Waals surface area (Å²) >= 11 is 17.1. The van der Waals surface area contributed by atoms with E-state index in [1.54, 1.807) is 26.0 Å². The summed E-state index contributed by atoms with van der Waals surface area (Å²) < 4.78 is 39.8. The molecule has 0 radical (unpaired) electrons. The highest BCUT2D eigenvalue weighted by molar-refractivity contribution is 6.76. The average Bonchev–Trinajstić information content (AvgIpc) is 2.88. The van der Waals surface area contributed by atoms with Gasteiger partial charge in [0.05, 0.1) is 13.2 Å². The highest BCUT2D eigenvalue weighted by Gasteiger charge is 2.53. The van der Waals surface area contributed by atoms with Gasteiger partial charge in [-0.3, -0.25) is 5.41 Å². The monoisotopic (exact) mass is 441 g/mol. The van der Waals surface area contributed by atoms with Crippen LogP contribution in [0.2, 0.25) is 0 Å². The Kier molecular flexibility index (Phi) is 6.23. The van der Waals surface area contributed by atoms with E-state index < -0.39 is 34.0 Å². The summed E-state index contributed by atoms with van der Waals surface area (Å²) in [6, 6.07) is 5.88. The lowest BCUT2D eigenvalue weighted by Crippen LogP contribution is -2.54. The van der Waals surface area contributed by atoms with Gasteiger partial charge in [-0.05, 0) is 31.5 Å². The van der Waals surface area contributed by atoms with Gasteiger partial charge >= 0.3 is 0 Å². The van der Waals surface area contributed by atoms with Crippen molar-refractivity contribution in [2.45, 2.75) is 54.6 Å².